The molecule has 0 unspecified atom stereocenters. The van der Waals surface area contributed by atoms with E-state index in [-0.39, 0.29) is 5.78 Å². The molecule has 6 nitrogen and oxygen atoms in total. The van der Waals surface area contributed by atoms with E-state index < -0.39 is 0 Å². The molecule has 0 N–H and O–H groups in total. The van der Waals surface area contributed by atoms with Gasteiger partial charge < -0.3 is 4.90 Å². The number of nitrogens with zero attached hydrogens (tertiary/aromatic N) is 5. The van der Waals surface area contributed by atoms with Crippen LogP contribution in [-0.2, 0) is 11.2 Å². The molecule has 0 heterocycles. The summed E-state index contributed by atoms with van der Waals surface area (Å²) < 4.78 is 0. The van der Waals surface area contributed by atoms with Gasteiger partial charge in [-0.05, 0) is 98.5 Å². The van der Waals surface area contributed by atoms with E-state index >= 15 is 0 Å². The van der Waals surface area contributed by atoms with Crippen LogP contribution in [0.15, 0.2) is 106 Å². The minimum Gasteiger partial charge on any atom is -0.372 e. The van der Waals surface area contributed by atoms with Crippen molar-refractivity contribution in [3.05, 3.63) is 91.0 Å². The number of anilines is 1. The SMILES string of the molecule is C=CC(=O)CCCN(CC)c1ccc(N=Nc2ccc(N=Nc3ccc(CCCC)cc3)cc2)cc1. The molecule has 0 bridgehead atoms. The van der Waals surface area contributed by atoms with Gasteiger partial charge in [0.1, 0.15) is 0 Å². The summed E-state index contributed by atoms with van der Waals surface area (Å²) in [5, 5.41) is 17.3. The topological polar surface area (TPSA) is 69.8 Å². The summed E-state index contributed by atoms with van der Waals surface area (Å²) in [5.41, 5.74) is 5.58. The lowest BCUT2D eigenvalue weighted by molar-refractivity contribution is -0.114. The molecule has 0 radical (unpaired) electrons. The Balaban J connectivity index is 1.53. The standard InChI is InChI=1S/C30H35N5O/c1-4-7-9-24-11-13-25(14-12-24)31-32-26-15-17-27(18-16-26)33-34-28-19-21-29(22-20-28)35(6-3)23-8-10-30(36)5-2/h5,11-22H,2,4,6-10,23H2,1,3H3. The second-order valence-corrected chi connectivity index (χ2v) is 8.56. The molecule has 0 saturated carbocycles. The Kier molecular flexibility index (Phi) is 10.7. The Labute approximate surface area is 214 Å². The first-order valence-corrected chi connectivity index (χ1v) is 12.6. The second-order valence-electron chi connectivity index (χ2n) is 8.56. The third kappa shape index (κ3) is 8.69. The molecule has 0 saturated heterocycles. The highest BCUT2D eigenvalue weighted by Crippen LogP contribution is 2.25. The van der Waals surface area contributed by atoms with Gasteiger partial charge in [0.15, 0.2) is 5.78 Å². The zero-order valence-corrected chi connectivity index (χ0v) is 21.3. The lowest BCUT2D eigenvalue weighted by Crippen LogP contribution is -2.24. The molecular weight excluding hydrogens is 446 g/mol. The quantitative estimate of drug-likeness (QED) is 0.170. The van der Waals surface area contributed by atoms with Gasteiger partial charge in [-0.2, -0.15) is 20.5 Å². The molecule has 0 spiro atoms. The highest BCUT2D eigenvalue weighted by atomic mass is 16.1. The lowest BCUT2D eigenvalue weighted by atomic mass is 10.1. The minimum atomic E-state index is 0.0883. The van der Waals surface area contributed by atoms with Crippen LogP contribution in [-0.4, -0.2) is 18.9 Å². The Hall–Kier alpha value is -3.93. The number of benzene rings is 3. The fourth-order valence-corrected chi connectivity index (χ4v) is 3.67. The molecule has 0 fully saturated rings. The summed E-state index contributed by atoms with van der Waals surface area (Å²) in [5.74, 6) is 0.0883. The Bertz CT molecular complexity index is 1150. The van der Waals surface area contributed by atoms with E-state index in [1.54, 1.807) is 0 Å². The number of hydrogen-bond donors (Lipinski definition) is 0. The number of allylic oxidation sites excluding steroid dienone is 1. The molecule has 0 amide bonds. The van der Waals surface area contributed by atoms with Crippen LogP contribution in [0.1, 0.15) is 45.1 Å². The van der Waals surface area contributed by atoms with Gasteiger partial charge >= 0.3 is 0 Å². The number of hydrogen-bond acceptors (Lipinski definition) is 6. The summed E-state index contributed by atoms with van der Waals surface area (Å²) in [7, 11) is 0. The van der Waals surface area contributed by atoms with Gasteiger partial charge in [0.25, 0.3) is 0 Å². The molecule has 0 atom stereocenters. The summed E-state index contributed by atoms with van der Waals surface area (Å²) in [6, 6.07) is 23.7. The van der Waals surface area contributed by atoms with Crippen molar-refractivity contribution in [1.82, 2.24) is 0 Å². The van der Waals surface area contributed by atoms with Gasteiger partial charge in [0, 0.05) is 25.2 Å². The molecule has 186 valence electrons. The predicted octanol–water partition coefficient (Wildman–Crippen LogP) is 9.22. The lowest BCUT2D eigenvalue weighted by Gasteiger charge is -2.22. The average molecular weight is 482 g/mol. The number of carbonyl (C=O) groups excluding carboxylic acids is 1. The van der Waals surface area contributed by atoms with Crippen LogP contribution >= 0.6 is 0 Å². The molecule has 0 aliphatic heterocycles. The van der Waals surface area contributed by atoms with Crippen molar-refractivity contribution in [2.45, 2.75) is 46.0 Å². The van der Waals surface area contributed by atoms with Crippen LogP contribution < -0.4 is 4.90 Å². The number of unbranched alkanes of at least 4 members (excludes halogenated alkanes) is 1. The Morgan fingerprint density at radius 1 is 0.750 bits per heavy atom. The molecular formula is C30H35N5O. The highest BCUT2D eigenvalue weighted by Gasteiger charge is 2.05. The largest absolute Gasteiger partial charge is 0.372 e. The van der Waals surface area contributed by atoms with E-state index in [4.69, 9.17) is 0 Å². The first-order chi connectivity index (χ1) is 17.6. The van der Waals surface area contributed by atoms with Crippen molar-refractivity contribution in [3.8, 4) is 0 Å². The van der Waals surface area contributed by atoms with Crippen LogP contribution in [0.2, 0.25) is 0 Å². The van der Waals surface area contributed by atoms with Gasteiger partial charge in [-0.1, -0.05) is 32.1 Å². The summed E-state index contributed by atoms with van der Waals surface area (Å²) in [6.45, 7) is 9.53. The van der Waals surface area contributed by atoms with E-state index in [1.165, 1.54) is 24.5 Å². The van der Waals surface area contributed by atoms with E-state index in [9.17, 15) is 4.79 Å². The smallest absolute Gasteiger partial charge is 0.155 e. The zero-order valence-electron chi connectivity index (χ0n) is 21.3. The van der Waals surface area contributed by atoms with Crippen LogP contribution in [0.3, 0.4) is 0 Å². The van der Waals surface area contributed by atoms with Crippen molar-refractivity contribution < 1.29 is 4.79 Å². The number of ketones is 1. The van der Waals surface area contributed by atoms with Gasteiger partial charge in [0.2, 0.25) is 0 Å². The highest BCUT2D eigenvalue weighted by molar-refractivity contribution is 5.88. The van der Waals surface area contributed by atoms with Crippen molar-refractivity contribution in [2.75, 3.05) is 18.0 Å². The number of azo groups is 2. The Morgan fingerprint density at radius 3 is 1.67 bits per heavy atom. The zero-order chi connectivity index (χ0) is 25.6. The van der Waals surface area contributed by atoms with Gasteiger partial charge in [0.05, 0.1) is 22.7 Å². The maximum atomic E-state index is 11.4. The van der Waals surface area contributed by atoms with Gasteiger partial charge in [-0.15, -0.1) is 0 Å². The van der Waals surface area contributed by atoms with Crippen LogP contribution in [0.4, 0.5) is 28.4 Å². The van der Waals surface area contributed by atoms with E-state index in [0.717, 1.165) is 54.4 Å². The first-order valence-electron chi connectivity index (χ1n) is 12.6. The van der Waals surface area contributed by atoms with Crippen molar-refractivity contribution in [3.63, 3.8) is 0 Å². The van der Waals surface area contributed by atoms with E-state index in [0.29, 0.717) is 6.42 Å². The third-order valence-corrected chi connectivity index (χ3v) is 5.84. The number of aryl methyl sites for hydroxylation is 1. The second kappa shape index (κ2) is 14.5. The molecule has 3 aromatic rings. The van der Waals surface area contributed by atoms with Crippen molar-refractivity contribution >= 4 is 34.2 Å². The van der Waals surface area contributed by atoms with Crippen molar-refractivity contribution in [1.29, 1.82) is 0 Å². The molecule has 0 aliphatic rings. The van der Waals surface area contributed by atoms with Crippen LogP contribution in [0.5, 0.6) is 0 Å². The molecule has 0 aliphatic carbocycles. The normalized spacial score (nSPS) is 11.3. The predicted molar refractivity (Wildman–Crippen MR) is 149 cm³/mol. The van der Waals surface area contributed by atoms with Crippen LogP contribution in [0, 0.1) is 0 Å². The van der Waals surface area contributed by atoms with E-state index in [1.807, 2.05) is 60.7 Å². The maximum Gasteiger partial charge on any atom is 0.155 e. The fourth-order valence-electron chi connectivity index (χ4n) is 3.67. The third-order valence-electron chi connectivity index (χ3n) is 5.84. The number of carbonyl (C=O) groups is 1. The average Bonchev–Trinajstić information content (AvgIpc) is 2.93. The molecule has 6 heteroatoms. The summed E-state index contributed by atoms with van der Waals surface area (Å²) in [4.78, 5) is 13.7. The maximum absolute atomic E-state index is 11.4. The molecule has 3 aromatic carbocycles. The molecule has 3 rings (SSSR count). The molecule has 0 aromatic heterocycles. The van der Waals surface area contributed by atoms with Crippen molar-refractivity contribution in [2.24, 2.45) is 20.5 Å². The monoisotopic (exact) mass is 481 g/mol. The first kappa shape index (κ1) is 26.7. The number of rotatable bonds is 14. The van der Waals surface area contributed by atoms with Gasteiger partial charge in [-0.3, -0.25) is 4.79 Å². The van der Waals surface area contributed by atoms with Gasteiger partial charge in [-0.25, -0.2) is 0 Å². The molecule has 36 heavy (non-hydrogen) atoms. The summed E-state index contributed by atoms with van der Waals surface area (Å²) in [6.07, 6.45) is 6.23. The summed E-state index contributed by atoms with van der Waals surface area (Å²) >= 11 is 0. The fraction of sp³-hybridized carbons (Fsp3) is 0.300. The van der Waals surface area contributed by atoms with E-state index in [2.05, 4.69) is 57.9 Å². The van der Waals surface area contributed by atoms with Crippen LogP contribution in [0.25, 0.3) is 0 Å². The minimum absolute atomic E-state index is 0.0883. The Morgan fingerprint density at radius 2 is 1.22 bits per heavy atom.